The molecule has 0 spiro atoms. The lowest BCUT2D eigenvalue weighted by atomic mass is 10.1. The predicted molar refractivity (Wildman–Crippen MR) is 73.1 cm³/mol. The highest BCUT2D eigenvalue weighted by Crippen LogP contribution is 2.13. The van der Waals surface area contributed by atoms with E-state index in [0.29, 0.717) is 11.2 Å². The van der Waals surface area contributed by atoms with Gasteiger partial charge in [-0.1, -0.05) is 12.2 Å². The Morgan fingerprint density at radius 1 is 1.20 bits per heavy atom. The standard InChI is InChI=1S/C12H12N6O2/c19-11(15-7-4-2-1-3-5-7)17-9-8-10(14-6-13-9)18-12(20)16-8/h2,4-6H,1,3H2,(H4,13,14,15,16,17,18,19,20). The minimum Gasteiger partial charge on any atom is -0.308 e. The SMILES string of the molecule is O=C(NC1=CCCC=C1)Nc1ncnc2[nH]c(=O)[nH]c12. The maximum Gasteiger partial charge on any atom is 0.325 e. The van der Waals surface area contributed by atoms with Crippen LogP contribution in [0.2, 0.25) is 0 Å². The van der Waals surface area contributed by atoms with Gasteiger partial charge in [0, 0.05) is 5.70 Å². The molecule has 0 aromatic carbocycles. The molecule has 4 N–H and O–H groups in total. The van der Waals surface area contributed by atoms with E-state index in [1.54, 1.807) is 0 Å². The molecule has 1 aliphatic carbocycles. The Balaban J connectivity index is 1.79. The molecule has 0 saturated carbocycles. The lowest BCUT2D eigenvalue weighted by Gasteiger charge is -2.10. The van der Waals surface area contributed by atoms with Crippen LogP contribution in [0.5, 0.6) is 0 Å². The van der Waals surface area contributed by atoms with Crippen LogP contribution in [0.3, 0.4) is 0 Å². The normalized spacial score (nSPS) is 14.1. The van der Waals surface area contributed by atoms with Gasteiger partial charge in [-0.3, -0.25) is 10.3 Å². The van der Waals surface area contributed by atoms with Gasteiger partial charge >= 0.3 is 11.7 Å². The van der Waals surface area contributed by atoms with Crippen LogP contribution in [-0.4, -0.2) is 26.0 Å². The second kappa shape index (κ2) is 5.00. The zero-order chi connectivity index (χ0) is 13.9. The number of allylic oxidation sites excluding steroid dienone is 3. The Morgan fingerprint density at radius 2 is 2.10 bits per heavy atom. The number of carbonyl (C=O) groups excluding carboxylic acids is 1. The highest BCUT2D eigenvalue weighted by atomic mass is 16.2. The number of H-pyrrole nitrogens is 2. The van der Waals surface area contributed by atoms with Gasteiger partial charge in [0.25, 0.3) is 0 Å². The lowest BCUT2D eigenvalue weighted by molar-refractivity contribution is 0.254. The first kappa shape index (κ1) is 12.2. The number of nitrogens with zero attached hydrogens (tertiary/aromatic N) is 2. The quantitative estimate of drug-likeness (QED) is 0.652. The third-order valence-electron chi connectivity index (χ3n) is 2.80. The maximum atomic E-state index is 11.9. The van der Waals surface area contributed by atoms with Crippen LogP contribution in [0, 0.1) is 0 Å². The first-order chi connectivity index (χ1) is 9.72. The van der Waals surface area contributed by atoms with E-state index >= 15 is 0 Å². The molecule has 0 aliphatic heterocycles. The highest BCUT2D eigenvalue weighted by molar-refractivity contribution is 5.96. The van der Waals surface area contributed by atoms with E-state index in [0.717, 1.165) is 18.5 Å². The van der Waals surface area contributed by atoms with E-state index in [1.165, 1.54) is 6.33 Å². The molecule has 2 aromatic heterocycles. The molecule has 0 fully saturated rings. The second-order valence-corrected chi connectivity index (χ2v) is 4.24. The van der Waals surface area contributed by atoms with Gasteiger partial charge in [0.15, 0.2) is 11.5 Å². The number of carbonyl (C=O) groups is 1. The second-order valence-electron chi connectivity index (χ2n) is 4.24. The Kier molecular flexibility index (Phi) is 3.04. The summed E-state index contributed by atoms with van der Waals surface area (Å²) in [6, 6.07) is -0.426. The zero-order valence-corrected chi connectivity index (χ0v) is 10.4. The minimum atomic E-state index is -0.426. The summed E-state index contributed by atoms with van der Waals surface area (Å²) in [6.07, 6.45) is 8.91. The molecule has 1 aliphatic rings. The van der Waals surface area contributed by atoms with Crippen molar-refractivity contribution in [1.82, 2.24) is 25.3 Å². The topological polar surface area (TPSA) is 116 Å². The van der Waals surface area contributed by atoms with Gasteiger partial charge in [0.1, 0.15) is 11.8 Å². The minimum absolute atomic E-state index is 0.242. The number of urea groups is 1. The third kappa shape index (κ3) is 2.44. The van der Waals surface area contributed by atoms with Crippen LogP contribution in [0.25, 0.3) is 11.2 Å². The van der Waals surface area contributed by atoms with E-state index in [-0.39, 0.29) is 5.82 Å². The lowest BCUT2D eigenvalue weighted by Crippen LogP contribution is -2.28. The number of fused-ring (bicyclic) bond motifs is 1. The largest absolute Gasteiger partial charge is 0.325 e. The number of rotatable bonds is 2. The van der Waals surface area contributed by atoms with Gasteiger partial charge in [0.2, 0.25) is 0 Å². The van der Waals surface area contributed by atoms with Crippen LogP contribution in [0.4, 0.5) is 10.6 Å². The smallest absolute Gasteiger partial charge is 0.308 e. The van der Waals surface area contributed by atoms with Crippen LogP contribution in [-0.2, 0) is 0 Å². The van der Waals surface area contributed by atoms with Crippen LogP contribution in [0.15, 0.2) is 35.0 Å². The molecule has 0 atom stereocenters. The van der Waals surface area contributed by atoms with Crippen LogP contribution >= 0.6 is 0 Å². The molecule has 2 heterocycles. The van der Waals surface area contributed by atoms with Crippen molar-refractivity contribution in [1.29, 1.82) is 0 Å². The molecule has 0 saturated heterocycles. The van der Waals surface area contributed by atoms with Crippen molar-refractivity contribution < 1.29 is 4.79 Å². The zero-order valence-electron chi connectivity index (χ0n) is 10.4. The van der Waals surface area contributed by atoms with Crippen molar-refractivity contribution in [2.75, 3.05) is 5.32 Å². The van der Waals surface area contributed by atoms with Crippen LogP contribution in [0.1, 0.15) is 12.8 Å². The molecule has 8 heteroatoms. The summed E-state index contributed by atoms with van der Waals surface area (Å²) in [5, 5.41) is 5.28. The first-order valence-electron chi connectivity index (χ1n) is 6.10. The summed E-state index contributed by atoms with van der Waals surface area (Å²) in [7, 11) is 0. The van der Waals surface area contributed by atoms with Crippen molar-refractivity contribution in [3.05, 3.63) is 40.7 Å². The fourth-order valence-corrected chi connectivity index (χ4v) is 1.92. The van der Waals surface area contributed by atoms with E-state index in [4.69, 9.17) is 0 Å². The van der Waals surface area contributed by atoms with E-state index in [1.807, 2.05) is 18.2 Å². The Labute approximate surface area is 113 Å². The molecule has 20 heavy (non-hydrogen) atoms. The number of anilines is 1. The third-order valence-corrected chi connectivity index (χ3v) is 2.80. The Morgan fingerprint density at radius 3 is 2.90 bits per heavy atom. The molecule has 0 radical (unpaired) electrons. The Hall–Kier alpha value is -2.90. The number of amides is 2. The number of nitrogens with one attached hydrogen (secondary N) is 4. The average molecular weight is 272 g/mol. The monoisotopic (exact) mass is 272 g/mol. The van der Waals surface area contributed by atoms with Crippen molar-refractivity contribution in [2.24, 2.45) is 0 Å². The number of hydrogen-bond donors (Lipinski definition) is 4. The molecular weight excluding hydrogens is 260 g/mol. The van der Waals surface area contributed by atoms with Gasteiger partial charge in [-0.2, -0.15) is 0 Å². The van der Waals surface area contributed by atoms with E-state index in [2.05, 4.69) is 30.6 Å². The molecule has 8 nitrogen and oxygen atoms in total. The number of imidazole rings is 1. The molecule has 102 valence electrons. The first-order valence-corrected chi connectivity index (χ1v) is 6.10. The van der Waals surface area contributed by atoms with Gasteiger partial charge in [0.05, 0.1) is 0 Å². The van der Waals surface area contributed by atoms with E-state index < -0.39 is 11.7 Å². The fourth-order valence-electron chi connectivity index (χ4n) is 1.92. The highest BCUT2D eigenvalue weighted by Gasteiger charge is 2.10. The molecule has 3 rings (SSSR count). The summed E-state index contributed by atoms with van der Waals surface area (Å²) < 4.78 is 0. The van der Waals surface area contributed by atoms with Gasteiger partial charge in [-0.05, 0) is 18.9 Å². The summed E-state index contributed by atoms with van der Waals surface area (Å²) in [6.45, 7) is 0. The van der Waals surface area contributed by atoms with Crippen LogP contribution < -0.4 is 16.3 Å². The van der Waals surface area contributed by atoms with Crippen molar-refractivity contribution in [3.63, 3.8) is 0 Å². The number of aromatic amines is 2. The summed E-state index contributed by atoms with van der Waals surface area (Å²) in [5.41, 5.74) is 1.04. The average Bonchev–Trinajstić information content (AvgIpc) is 2.81. The van der Waals surface area contributed by atoms with E-state index in [9.17, 15) is 9.59 Å². The predicted octanol–water partition coefficient (Wildman–Crippen LogP) is 1.00. The van der Waals surface area contributed by atoms with Gasteiger partial charge < -0.3 is 10.3 Å². The van der Waals surface area contributed by atoms with Crippen molar-refractivity contribution >= 4 is 23.0 Å². The molecule has 2 amide bonds. The molecular formula is C12H12N6O2. The number of aromatic nitrogens is 4. The molecule has 0 bridgehead atoms. The Bertz CT molecular complexity index is 770. The molecule has 2 aromatic rings. The molecule has 0 unspecified atom stereocenters. The number of hydrogen-bond acceptors (Lipinski definition) is 4. The van der Waals surface area contributed by atoms with Crippen molar-refractivity contribution in [3.8, 4) is 0 Å². The summed E-state index contributed by atoms with van der Waals surface area (Å²) in [4.78, 5) is 36.0. The fraction of sp³-hybridized carbons (Fsp3) is 0.167. The maximum absolute atomic E-state index is 11.9. The van der Waals surface area contributed by atoms with Crippen molar-refractivity contribution in [2.45, 2.75) is 12.8 Å². The summed E-state index contributed by atoms with van der Waals surface area (Å²) in [5.74, 6) is 0.242. The summed E-state index contributed by atoms with van der Waals surface area (Å²) >= 11 is 0. The van der Waals surface area contributed by atoms with Gasteiger partial charge in [-0.25, -0.2) is 19.6 Å². The van der Waals surface area contributed by atoms with Gasteiger partial charge in [-0.15, -0.1) is 0 Å².